The Kier molecular flexibility index (Phi) is 3.29. The molecular formula is C10H19N3. The highest BCUT2D eigenvalue weighted by atomic mass is 15.2. The van der Waals surface area contributed by atoms with Crippen molar-refractivity contribution >= 4 is 0 Å². The number of nitriles is 1. The smallest absolute Gasteiger partial charge is 0.104 e. The summed E-state index contributed by atoms with van der Waals surface area (Å²) in [5.74, 6) is 0. The van der Waals surface area contributed by atoms with Crippen molar-refractivity contribution < 1.29 is 0 Å². The Labute approximate surface area is 80.7 Å². The third-order valence-electron chi connectivity index (χ3n) is 2.93. The first-order valence-corrected chi connectivity index (χ1v) is 4.92. The second-order valence-electron chi connectivity index (χ2n) is 4.16. The van der Waals surface area contributed by atoms with Gasteiger partial charge in [0.1, 0.15) is 5.54 Å². The minimum Gasteiger partial charge on any atom is -0.303 e. The Hall–Kier alpha value is -0.590. The van der Waals surface area contributed by atoms with E-state index in [1.807, 2.05) is 14.0 Å². The van der Waals surface area contributed by atoms with Gasteiger partial charge in [-0.1, -0.05) is 0 Å². The maximum absolute atomic E-state index is 8.92. The largest absolute Gasteiger partial charge is 0.303 e. The van der Waals surface area contributed by atoms with Crippen molar-refractivity contribution in [2.75, 3.05) is 20.6 Å². The van der Waals surface area contributed by atoms with Gasteiger partial charge >= 0.3 is 0 Å². The molecule has 0 aromatic rings. The minimum absolute atomic E-state index is 0.358. The van der Waals surface area contributed by atoms with E-state index < -0.39 is 0 Å². The SMILES string of the molecule is CNC(C)(C#N)CCN(C)C1CC1. The summed E-state index contributed by atoms with van der Waals surface area (Å²) in [4.78, 5) is 2.35. The fourth-order valence-electron chi connectivity index (χ4n) is 1.33. The predicted octanol–water partition coefficient (Wildman–Crippen LogP) is 0.972. The molecule has 0 bridgehead atoms. The van der Waals surface area contributed by atoms with E-state index >= 15 is 0 Å². The number of hydrogen-bond acceptors (Lipinski definition) is 3. The average Bonchev–Trinajstić information content (AvgIpc) is 2.97. The first-order chi connectivity index (χ1) is 6.11. The molecule has 0 heterocycles. The zero-order valence-corrected chi connectivity index (χ0v) is 8.80. The number of hydrogen-bond donors (Lipinski definition) is 1. The molecule has 0 saturated heterocycles. The lowest BCUT2D eigenvalue weighted by Gasteiger charge is -2.24. The summed E-state index contributed by atoms with van der Waals surface area (Å²) in [5, 5.41) is 12.0. The lowest BCUT2D eigenvalue weighted by Crippen LogP contribution is -2.41. The monoisotopic (exact) mass is 181 g/mol. The van der Waals surface area contributed by atoms with Gasteiger partial charge in [-0.3, -0.25) is 0 Å². The first kappa shape index (κ1) is 10.5. The van der Waals surface area contributed by atoms with Crippen molar-refractivity contribution in [3.05, 3.63) is 0 Å². The van der Waals surface area contributed by atoms with Crippen LogP contribution in [-0.2, 0) is 0 Å². The summed E-state index contributed by atoms with van der Waals surface area (Å²) < 4.78 is 0. The van der Waals surface area contributed by atoms with Crippen LogP contribution in [0.1, 0.15) is 26.2 Å². The fraction of sp³-hybridized carbons (Fsp3) is 0.900. The minimum atomic E-state index is -0.358. The molecule has 0 aliphatic heterocycles. The van der Waals surface area contributed by atoms with Crippen LogP contribution in [0, 0.1) is 11.3 Å². The van der Waals surface area contributed by atoms with Gasteiger partial charge in [-0.25, -0.2) is 0 Å². The molecule has 13 heavy (non-hydrogen) atoms. The van der Waals surface area contributed by atoms with E-state index in [9.17, 15) is 0 Å². The Morgan fingerprint density at radius 2 is 2.23 bits per heavy atom. The molecule has 0 amide bonds. The van der Waals surface area contributed by atoms with Crippen LogP contribution in [0.15, 0.2) is 0 Å². The maximum atomic E-state index is 8.92. The molecule has 0 aromatic heterocycles. The van der Waals surface area contributed by atoms with E-state index in [0.29, 0.717) is 0 Å². The molecule has 1 fully saturated rings. The molecule has 0 aromatic carbocycles. The van der Waals surface area contributed by atoms with Crippen LogP contribution in [0.25, 0.3) is 0 Å². The number of rotatable bonds is 5. The lowest BCUT2D eigenvalue weighted by atomic mass is 10.0. The molecule has 1 saturated carbocycles. The Morgan fingerprint density at radius 1 is 1.62 bits per heavy atom. The Morgan fingerprint density at radius 3 is 2.62 bits per heavy atom. The molecule has 0 radical (unpaired) electrons. The van der Waals surface area contributed by atoms with Crippen molar-refractivity contribution in [3.63, 3.8) is 0 Å². The van der Waals surface area contributed by atoms with Gasteiger partial charge in [0.05, 0.1) is 6.07 Å². The van der Waals surface area contributed by atoms with Crippen molar-refractivity contribution in [1.82, 2.24) is 10.2 Å². The van der Waals surface area contributed by atoms with Gasteiger partial charge in [0.15, 0.2) is 0 Å². The second-order valence-corrected chi connectivity index (χ2v) is 4.16. The molecule has 1 aliphatic carbocycles. The average molecular weight is 181 g/mol. The quantitative estimate of drug-likeness (QED) is 0.687. The third kappa shape index (κ3) is 2.98. The zero-order valence-electron chi connectivity index (χ0n) is 8.80. The van der Waals surface area contributed by atoms with Gasteiger partial charge in [-0.15, -0.1) is 0 Å². The van der Waals surface area contributed by atoms with Crippen LogP contribution >= 0.6 is 0 Å². The van der Waals surface area contributed by atoms with E-state index in [1.54, 1.807) is 0 Å². The molecule has 1 rings (SSSR count). The summed E-state index contributed by atoms with van der Waals surface area (Å²) in [6, 6.07) is 3.10. The standard InChI is InChI=1S/C10H19N3/c1-10(8-11,12-2)6-7-13(3)9-4-5-9/h9,12H,4-7H2,1-3H3. The van der Waals surface area contributed by atoms with Gasteiger partial charge in [-0.2, -0.15) is 5.26 Å². The third-order valence-corrected chi connectivity index (χ3v) is 2.93. The number of nitrogens with one attached hydrogen (secondary N) is 1. The summed E-state index contributed by atoms with van der Waals surface area (Å²) in [7, 11) is 3.99. The molecule has 0 spiro atoms. The van der Waals surface area contributed by atoms with E-state index in [1.165, 1.54) is 12.8 Å². The summed E-state index contributed by atoms with van der Waals surface area (Å²) in [6.07, 6.45) is 3.56. The van der Waals surface area contributed by atoms with E-state index in [4.69, 9.17) is 5.26 Å². The molecule has 1 unspecified atom stereocenters. The van der Waals surface area contributed by atoms with Gasteiger partial charge < -0.3 is 10.2 Å². The van der Waals surface area contributed by atoms with E-state index in [2.05, 4.69) is 23.3 Å². The summed E-state index contributed by atoms with van der Waals surface area (Å²) >= 11 is 0. The first-order valence-electron chi connectivity index (χ1n) is 4.92. The van der Waals surface area contributed by atoms with Crippen LogP contribution in [0.2, 0.25) is 0 Å². The number of nitrogens with zero attached hydrogens (tertiary/aromatic N) is 2. The second kappa shape index (κ2) is 4.08. The van der Waals surface area contributed by atoms with E-state index in [0.717, 1.165) is 19.0 Å². The topological polar surface area (TPSA) is 39.1 Å². The van der Waals surface area contributed by atoms with Crippen molar-refractivity contribution in [2.45, 2.75) is 37.8 Å². The molecule has 1 aliphatic rings. The van der Waals surface area contributed by atoms with Crippen LogP contribution < -0.4 is 5.32 Å². The highest BCUT2D eigenvalue weighted by Gasteiger charge is 2.28. The molecular weight excluding hydrogens is 162 g/mol. The lowest BCUT2D eigenvalue weighted by molar-refractivity contribution is 0.286. The van der Waals surface area contributed by atoms with Gasteiger partial charge in [0.25, 0.3) is 0 Å². The van der Waals surface area contributed by atoms with Crippen LogP contribution in [0.4, 0.5) is 0 Å². The molecule has 1 N–H and O–H groups in total. The van der Waals surface area contributed by atoms with Crippen LogP contribution in [0.3, 0.4) is 0 Å². The summed E-state index contributed by atoms with van der Waals surface area (Å²) in [6.45, 7) is 2.96. The van der Waals surface area contributed by atoms with Crippen LogP contribution in [-0.4, -0.2) is 37.1 Å². The summed E-state index contributed by atoms with van der Waals surface area (Å²) in [5.41, 5.74) is -0.358. The predicted molar refractivity (Wildman–Crippen MR) is 53.3 cm³/mol. The highest BCUT2D eigenvalue weighted by molar-refractivity contribution is 5.03. The normalized spacial score (nSPS) is 21.2. The van der Waals surface area contributed by atoms with Crippen molar-refractivity contribution in [3.8, 4) is 6.07 Å². The molecule has 1 atom stereocenters. The maximum Gasteiger partial charge on any atom is 0.104 e. The van der Waals surface area contributed by atoms with E-state index in [-0.39, 0.29) is 5.54 Å². The van der Waals surface area contributed by atoms with Gasteiger partial charge in [0, 0.05) is 12.6 Å². The molecule has 74 valence electrons. The fourth-order valence-corrected chi connectivity index (χ4v) is 1.33. The molecule has 3 nitrogen and oxygen atoms in total. The van der Waals surface area contributed by atoms with Crippen molar-refractivity contribution in [1.29, 1.82) is 5.26 Å². The Balaban J connectivity index is 2.27. The Bertz CT molecular complexity index is 205. The highest BCUT2D eigenvalue weighted by Crippen LogP contribution is 2.25. The zero-order chi connectivity index (χ0) is 9.90. The van der Waals surface area contributed by atoms with Gasteiger partial charge in [0.2, 0.25) is 0 Å². The van der Waals surface area contributed by atoms with Crippen molar-refractivity contribution in [2.24, 2.45) is 0 Å². The van der Waals surface area contributed by atoms with Gasteiger partial charge in [-0.05, 0) is 40.3 Å². The molecule has 3 heteroatoms. The van der Waals surface area contributed by atoms with Crippen LogP contribution in [0.5, 0.6) is 0 Å².